The number of nitrogens with zero attached hydrogens (tertiary/aromatic N) is 4. The third-order valence-corrected chi connectivity index (χ3v) is 6.88. The molecule has 0 bridgehead atoms. The van der Waals surface area contributed by atoms with Crippen LogP contribution < -0.4 is 10.6 Å². The maximum atomic E-state index is 12.1. The summed E-state index contributed by atoms with van der Waals surface area (Å²) in [5.41, 5.74) is 3.46. The Labute approximate surface area is 195 Å². The molecule has 9 heteroatoms. The van der Waals surface area contributed by atoms with E-state index in [0.717, 1.165) is 44.0 Å². The van der Waals surface area contributed by atoms with Gasteiger partial charge in [0.25, 0.3) is 0 Å². The van der Waals surface area contributed by atoms with Crippen molar-refractivity contribution >= 4 is 33.0 Å². The van der Waals surface area contributed by atoms with Crippen LogP contribution in [0.25, 0.3) is 0 Å². The Morgan fingerprint density at radius 1 is 0.970 bits per heavy atom. The molecule has 0 atom stereocenters. The lowest BCUT2D eigenvalue weighted by Crippen LogP contribution is -2.43. The normalized spacial score (nSPS) is 15.4. The van der Waals surface area contributed by atoms with Crippen molar-refractivity contribution in [3.05, 3.63) is 65.9 Å². The first-order chi connectivity index (χ1) is 15.8. The number of hydrogen-bond donors (Lipinski definition) is 2. The lowest BCUT2D eigenvalue weighted by molar-refractivity contribution is 0.148. The molecule has 0 aliphatic carbocycles. The number of benzene rings is 2. The molecular formula is C24H30N6O2S. The highest BCUT2D eigenvalue weighted by atomic mass is 32.2. The summed E-state index contributed by atoms with van der Waals surface area (Å²) in [6.07, 6.45) is 2.91. The quantitative estimate of drug-likeness (QED) is 0.547. The molecule has 0 amide bonds. The van der Waals surface area contributed by atoms with Crippen LogP contribution in [0.4, 0.5) is 23.1 Å². The number of hydrogen-bond acceptors (Lipinski definition) is 8. The van der Waals surface area contributed by atoms with Gasteiger partial charge in [-0.3, -0.25) is 4.90 Å². The van der Waals surface area contributed by atoms with E-state index in [4.69, 9.17) is 0 Å². The smallest absolute Gasteiger partial charge is 0.229 e. The second kappa shape index (κ2) is 9.86. The summed E-state index contributed by atoms with van der Waals surface area (Å²) in [6, 6.07) is 15.1. The molecule has 2 aromatic carbocycles. The predicted octanol–water partition coefficient (Wildman–Crippen LogP) is 3.42. The standard InChI is InChI=1S/C24H30N6O2S/c1-18-16-25-24(28-23(18)27-21-6-4-5-7-22(21)33(3,31)32)26-20-10-8-19(9-11-20)17-30-14-12-29(2)13-15-30/h4-11,16H,12-15,17H2,1-3H3,(H2,25,26,27,28). The fourth-order valence-electron chi connectivity index (χ4n) is 3.74. The number of anilines is 4. The molecule has 33 heavy (non-hydrogen) atoms. The van der Waals surface area contributed by atoms with Crippen molar-refractivity contribution in [3.63, 3.8) is 0 Å². The van der Waals surface area contributed by atoms with Gasteiger partial charge < -0.3 is 15.5 Å². The highest BCUT2D eigenvalue weighted by molar-refractivity contribution is 7.90. The largest absolute Gasteiger partial charge is 0.339 e. The fourth-order valence-corrected chi connectivity index (χ4v) is 4.58. The van der Waals surface area contributed by atoms with Crippen molar-refractivity contribution in [1.29, 1.82) is 0 Å². The van der Waals surface area contributed by atoms with Crippen molar-refractivity contribution in [3.8, 4) is 0 Å². The molecule has 2 N–H and O–H groups in total. The lowest BCUT2D eigenvalue weighted by atomic mass is 10.2. The van der Waals surface area contributed by atoms with Gasteiger partial charge in [0.2, 0.25) is 5.95 Å². The number of aryl methyl sites for hydroxylation is 1. The molecule has 8 nitrogen and oxygen atoms in total. The average molecular weight is 467 g/mol. The molecule has 1 saturated heterocycles. The van der Waals surface area contributed by atoms with Gasteiger partial charge in [0, 0.05) is 56.4 Å². The van der Waals surface area contributed by atoms with Crippen LogP contribution in [0.3, 0.4) is 0 Å². The first-order valence-corrected chi connectivity index (χ1v) is 12.8. The van der Waals surface area contributed by atoms with Crippen LogP contribution in [0.15, 0.2) is 59.6 Å². The van der Waals surface area contributed by atoms with Gasteiger partial charge in [-0.15, -0.1) is 0 Å². The Morgan fingerprint density at radius 2 is 1.67 bits per heavy atom. The number of para-hydroxylation sites is 1. The van der Waals surface area contributed by atoms with Crippen molar-refractivity contribution in [2.45, 2.75) is 18.4 Å². The first-order valence-electron chi connectivity index (χ1n) is 10.9. The molecule has 0 radical (unpaired) electrons. The van der Waals surface area contributed by atoms with Gasteiger partial charge in [-0.25, -0.2) is 13.4 Å². The van der Waals surface area contributed by atoms with E-state index in [-0.39, 0.29) is 4.90 Å². The van der Waals surface area contributed by atoms with E-state index >= 15 is 0 Å². The minimum Gasteiger partial charge on any atom is -0.339 e. The topological polar surface area (TPSA) is 90.5 Å². The molecule has 0 spiro atoms. The van der Waals surface area contributed by atoms with Crippen LogP contribution in [-0.2, 0) is 16.4 Å². The van der Waals surface area contributed by atoms with Gasteiger partial charge in [-0.1, -0.05) is 24.3 Å². The average Bonchev–Trinajstić information content (AvgIpc) is 2.79. The monoisotopic (exact) mass is 466 g/mol. The van der Waals surface area contributed by atoms with Crippen molar-refractivity contribution < 1.29 is 8.42 Å². The van der Waals surface area contributed by atoms with Gasteiger partial charge in [0.05, 0.1) is 10.6 Å². The Hall–Kier alpha value is -3.01. The molecule has 0 saturated carbocycles. The summed E-state index contributed by atoms with van der Waals surface area (Å²) < 4.78 is 24.2. The van der Waals surface area contributed by atoms with Crippen LogP contribution in [0.2, 0.25) is 0 Å². The minimum atomic E-state index is -3.37. The summed E-state index contributed by atoms with van der Waals surface area (Å²) in [5.74, 6) is 0.988. The first kappa shape index (κ1) is 23.2. The number of nitrogens with one attached hydrogen (secondary N) is 2. The lowest BCUT2D eigenvalue weighted by Gasteiger charge is -2.32. The van der Waals surface area contributed by atoms with E-state index in [1.54, 1.807) is 30.5 Å². The molecule has 1 fully saturated rings. The molecule has 1 aliphatic heterocycles. The molecule has 174 valence electrons. The Kier molecular flexibility index (Phi) is 6.92. The Balaban J connectivity index is 1.45. The number of aromatic nitrogens is 2. The number of likely N-dealkylation sites (N-methyl/N-ethyl adjacent to an activating group) is 1. The van der Waals surface area contributed by atoms with Gasteiger partial charge in [0.1, 0.15) is 5.82 Å². The van der Waals surface area contributed by atoms with Crippen LogP contribution >= 0.6 is 0 Å². The van der Waals surface area contributed by atoms with Crippen molar-refractivity contribution in [2.75, 3.05) is 50.1 Å². The van der Waals surface area contributed by atoms with Gasteiger partial charge >= 0.3 is 0 Å². The minimum absolute atomic E-state index is 0.230. The van der Waals surface area contributed by atoms with Crippen molar-refractivity contribution in [1.82, 2.24) is 19.8 Å². The molecule has 1 aliphatic rings. The summed E-state index contributed by atoms with van der Waals surface area (Å²) in [7, 11) is -1.21. The highest BCUT2D eigenvalue weighted by Gasteiger charge is 2.15. The SMILES string of the molecule is Cc1cnc(Nc2ccc(CN3CCN(C)CC3)cc2)nc1Nc1ccccc1S(C)(=O)=O. The zero-order valence-electron chi connectivity index (χ0n) is 19.2. The maximum Gasteiger partial charge on any atom is 0.229 e. The van der Waals surface area contributed by atoms with E-state index in [9.17, 15) is 8.42 Å². The van der Waals surface area contributed by atoms with Crippen LogP contribution in [-0.4, -0.2) is 67.7 Å². The van der Waals surface area contributed by atoms with Crippen molar-refractivity contribution in [2.24, 2.45) is 0 Å². The molecule has 0 unspecified atom stereocenters. The Morgan fingerprint density at radius 3 is 2.36 bits per heavy atom. The third-order valence-electron chi connectivity index (χ3n) is 5.72. The number of piperazine rings is 1. The molecule has 4 rings (SSSR count). The number of rotatable bonds is 7. The van der Waals surface area contributed by atoms with Gasteiger partial charge in [-0.2, -0.15) is 4.98 Å². The Bertz CT molecular complexity index is 1210. The van der Waals surface area contributed by atoms with Crippen LogP contribution in [0.1, 0.15) is 11.1 Å². The molecule has 1 aromatic heterocycles. The third kappa shape index (κ3) is 6.07. The highest BCUT2D eigenvalue weighted by Crippen LogP contribution is 2.26. The summed E-state index contributed by atoms with van der Waals surface area (Å²) in [6.45, 7) is 7.22. The van der Waals surface area contributed by atoms with Gasteiger partial charge in [-0.05, 0) is 43.8 Å². The predicted molar refractivity (Wildman–Crippen MR) is 132 cm³/mol. The zero-order valence-corrected chi connectivity index (χ0v) is 20.1. The second-order valence-electron chi connectivity index (χ2n) is 8.52. The molecular weight excluding hydrogens is 436 g/mol. The summed E-state index contributed by atoms with van der Waals surface area (Å²) in [5, 5.41) is 6.39. The summed E-state index contributed by atoms with van der Waals surface area (Å²) in [4.78, 5) is 14.0. The fraction of sp³-hybridized carbons (Fsp3) is 0.333. The van der Waals surface area contributed by atoms with E-state index in [1.807, 2.05) is 19.1 Å². The van der Waals surface area contributed by atoms with E-state index in [1.165, 1.54) is 11.8 Å². The molecule has 2 heterocycles. The second-order valence-corrected chi connectivity index (χ2v) is 10.5. The maximum absolute atomic E-state index is 12.1. The van der Waals surface area contributed by atoms with E-state index < -0.39 is 9.84 Å². The molecule has 3 aromatic rings. The van der Waals surface area contributed by atoms with Crippen LogP contribution in [0, 0.1) is 6.92 Å². The summed E-state index contributed by atoms with van der Waals surface area (Å²) >= 11 is 0. The van der Waals surface area contributed by atoms with E-state index in [0.29, 0.717) is 17.5 Å². The number of sulfone groups is 1. The zero-order chi connectivity index (χ0) is 23.4. The van der Waals surface area contributed by atoms with Gasteiger partial charge in [0.15, 0.2) is 9.84 Å². The van der Waals surface area contributed by atoms with E-state index in [2.05, 4.69) is 49.6 Å². The van der Waals surface area contributed by atoms with Crippen LogP contribution in [0.5, 0.6) is 0 Å².